The van der Waals surface area contributed by atoms with Gasteiger partial charge < -0.3 is 14.9 Å². The maximum absolute atomic E-state index is 5.84. The monoisotopic (exact) mass is 287 g/mol. The molecule has 2 N–H and O–H groups in total. The minimum absolute atomic E-state index is 0.447. The van der Waals surface area contributed by atoms with Crippen LogP contribution in [0.4, 0.5) is 0 Å². The summed E-state index contributed by atoms with van der Waals surface area (Å²) >= 11 is 5.84. The molecule has 0 spiro atoms. The molecule has 0 aliphatic rings. The Morgan fingerprint density at radius 2 is 1.90 bits per heavy atom. The van der Waals surface area contributed by atoms with E-state index in [9.17, 15) is 0 Å². The lowest BCUT2D eigenvalue weighted by atomic mass is 10.1. The Balaban J connectivity index is 1.81. The molecule has 3 rings (SSSR count). The van der Waals surface area contributed by atoms with Gasteiger partial charge in [-0.05, 0) is 42.0 Å². The third kappa shape index (κ3) is 2.64. The van der Waals surface area contributed by atoms with E-state index < -0.39 is 0 Å². The Hall–Kier alpha value is -1.97. The second-order valence-corrected chi connectivity index (χ2v) is 4.97. The first-order chi connectivity index (χ1) is 9.76. The molecule has 0 radical (unpaired) electrons. The van der Waals surface area contributed by atoms with Gasteiger partial charge in [0.2, 0.25) is 0 Å². The van der Waals surface area contributed by atoms with Crippen LogP contribution >= 0.6 is 11.6 Å². The first kappa shape index (κ1) is 13.0. The second kappa shape index (κ2) is 5.57. The Bertz CT molecular complexity index is 719. The highest BCUT2D eigenvalue weighted by molar-refractivity contribution is 6.30. The van der Waals surface area contributed by atoms with Gasteiger partial charge in [-0.15, -0.1) is 0 Å². The van der Waals surface area contributed by atoms with E-state index in [1.54, 1.807) is 18.4 Å². The van der Waals surface area contributed by atoms with Gasteiger partial charge in [0.1, 0.15) is 17.9 Å². The van der Waals surface area contributed by atoms with Crippen molar-refractivity contribution in [3.05, 3.63) is 64.9 Å². The quantitative estimate of drug-likeness (QED) is 0.785. The number of halogens is 1. The van der Waals surface area contributed by atoms with Crippen molar-refractivity contribution in [2.45, 2.75) is 13.2 Å². The molecule has 1 aromatic heterocycles. The number of rotatable bonds is 4. The predicted molar refractivity (Wildman–Crippen MR) is 79.9 cm³/mol. The average Bonchev–Trinajstić information content (AvgIpc) is 2.89. The van der Waals surface area contributed by atoms with Gasteiger partial charge >= 0.3 is 0 Å². The van der Waals surface area contributed by atoms with Gasteiger partial charge in [0.25, 0.3) is 0 Å². The first-order valence-electron chi connectivity index (χ1n) is 6.34. The lowest BCUT2D eigenvalue weighted by Gasteiger charge is -2.05. The van der Waals surface area contributed by atoms with E-state index in [0.717, 1.165) is 27.8 Å². The topological polar surface area (TPSA) is 48.4 Å². The van der Waals surface area contributed by atoms with E-state index in [1.165, 1.54) is 0 Å². The van der Waals surface area contributed by atoms with Crippen LogP contribution in [-0.2, 0) is 13.2 Å². The van der Waals surface area contributed by atoms with Gasteiger partial charge in [-0.25, -0.2) is 0 Å². The third-order valence-corrected chi connectivity index (χ3v) is 3.41. The van der Waals surface area contributed by atoms with Gasteiger partial charge in [-0.3, -0.25) is 0 Å². The summed E-state index contributed by atoms with van der Waals surface area (Å²) in [5, 5.41) is 1.74. The highest BCUT2D eigenvalue weighted by Crippen LogP contribution is 2.24. The Morgan fingerprint density at radius 1 is 1.10 bits per heavy atom. The van der Waals surface area contributed by atoms with E-state index in [-0.39, 0.29) is 0 Å². The fourth-order valence-corrected chi connectivity index (χ4v) is 2.19. The lowest BCUT2D eigenvalue weighted by molar-refractivity contribution is 0.306. The predicted octanol–water partition coefficient (Wildman–Crippen LogP) is 4.12. The molecule has 0 unspecified atom stereocenters. The molecule has 4 heteroatoms. The molecular formula is C16H14ClNO2. The molecular weight excluding hydrogens is 274 g/mol. The molecule has 0 amide bonds. The zero-order chi connectivity index (χ0) is 13.9. The number of hydrogen-bond acceptors (Lipinski definition) is 3. The zero-order valence-electron chi connectivity index (χ0n) is 10.8. The number of ether oxygens (including phenoxy) is 1. The van der Waals surface area contributed by atoms with E-state index in [2.05, 4.69) is 0 Å². The van der Waals surface area contributed by atoms with Gasteiger partial charge in [-0.2, -0.15) is 0 Å². The number of fused-ring (bicyclic) bond motifs is 1. The molecule has 3 aromatic rings. The molecule has 102 valence electrons. The van der Waals surface area contributed by atoms with Gasteiger partial charge in [0, 0.05) is 22.5 Å². The van der Waals surface area contributed by atoms with Crippen molar-refractivity contribution < 1.29 is 9.15 Å². The van der Waals surface area contributed by atoms with Crippen molar-refractivity contribution in [3.63, 3.8) is 0 Å². The van der Waals surface area contributed by atoms with E-state index in [0.29, 0.717) is 18.2 Å². The molecule has 0 aliphatic heterocycles. The van der Waals surface area contributed by atoms with Crippen molar-refractivity contribution in [3.8, 4) is 5.75 Å². The Morgan fingerprint density at radius 3 is 2.65 bits per heavy atom. The standard InChI is InChI=1S/C16H14ClNO2/c17-13-2-4-14(5-3-13)19-9-12-10-20-16-6-1-11(8-18)7-15(12)16/h1-7,10H,8-9,18H2. The van der Waals surface area contributed by atoms with Crippen LogP contribution in [-0.4, -0.2) is 0 Å². The summed E-state index contributed by atoms with van der Waals surface area (Å²) in [7, 11) is 0. The van der Waals surface area contributed by atoms with Crippen molar-refractivity contribution in [2.24, 2.45) is 5.73 Å². The lowest BCUT2D eigenvalue weighted by Crippen LogP contribution is -1.97. The van der Waals surface area contributed by atoms with Crippen LogP contribution in [0.25, 0.3) is 11.0 Å². The smallest absolute Gasteiger partial charge is 0.134 e. The summed E-state index contributed by atoms with van der Waals surface area (Å²) in [5.41, 5.74) is 8.59. The first-order valence-corrected chi connectivity index (χ1v) is 6.71. The molecule has 0 saturated heterocycles. The van der Waals surface area contributed by atoms with Crippen LogP contribution in [0.2, 0.25) is 5.02 Å². The summed E-state index contributed by atoms with van der Waals surface area (Å²) < 4.78 is 11.3. The highest BCUT2D eigenvalue weighted by Gasteiger charge is 2.07. The number of hydrogen-bond donors (Lipinski definition) is 1. The van der Waals surface area contributed by atoms with Crippen molar-refractivity contribution in [2.75, 3.05) is 0 Å². The van der Waals surface area contributed by atoms with Gasteiger partial charge in [0.05, 0.1) is 6.26 Å². The van der Waals surface area contributed by atoms with Crippen molar-refractivity contribution >= 4 is 22.6 Å². The Labute approximate surface area is 121 Å². The molecule has 1 heterocycles. The minimum atomic E-state index is 0.447. The normalized spacial score (nSPS) is 10.9. The van der Waals surface area contributed by atoms with Gasteiger partial charge in [-0.1, -0.05) is 17.7 Å². The molecule has 0 bridgehead atoms. The summed E-state index contributed by atoms with van der Waals surface area (Å²) in [6.07, 6.45) is 1.72. The molecule has 0 saturated carbocycles. The summed E-state index contributed by atoms with van der Waals surface area (Å²) in [5.74, 6) is 0.777. The largest absolute Gasteiger partial charge is 0.489 e. The molecule has 0 atom stereocenters. The summed E-state index contributed by atoms with van der Waals surface area (Å²) in [4.78, 5) is 0. The fraction of sp³-hybridized carbons (Fsp3) is 0.125. The van der Waals surface area contributed by atoms with Crippen LogP contribution in [0.15, 0.2) is 53.1 Å². The molecule has 0 fully saturated rings. The maximum Gasteiger partial charge on any atom is 0.134 e. The molecule has 2 aromatic carbocycles. The van der Waals surface area contributed by atoms with E-state index >= 15 is 0 Å². The highest BCUT2D eigenvalue weighted by atomic mass is 35.5. The zero-order valence-corrected chi connectivity index (χ0v) is 11.6. The Kier molecular flexibility index (Phi) is 3.63. The molecule has 20 heavy (non-hydrogen) atoms. The van der Waals surface area contributed by atoms with Crippen LogP contribution in [0.3, 0.4) is 0 Å². The summed E-state index contributed by atoms with van der Waals surface area (Å²) in [6, 6.07) is 13.2. The molecule has 3 nitrogen and oxygen atoms in total. The van der Waals surface area contributed by atoms with Crippen LogP contribution in [0.5, 0.6) is 5.75 Å². The number of furan rings is 1. The SMILES string of the molecule is NCc1ccc2occ(COc3ccc(Cl)cc3)c2c1. The van der Waals surface area contributed by atoms with Gasteiger partial charge in [0.15, 0.2) is 0 Å². The average molecular weight is 288 g/mol. The van der Waals surface area contributed by atoms with Crippen LogP contribution in [0.1, 0.15) is 11.1 Å². The van der Waals surface area contributed by atoms with Crippen molar-refractivity contribution in [1.82, 2.24) is 0 Å². The number of nitrogens with two attached hydrogens (primary N) is 1. The second-order valence-electron chi connectivity index (χ2n) is 4.54. The maximum atomic E-state index is 5.84. The van der Waals surface area contributed by atoms with Crippen LogP contribution in [0, 0.1) is 0 Å². The minimum Gasteiger partial charge on any atom is -0.489 e. The van der Waals surface area contributed by atoms with E-state index in [1.807, 2.05) is 30.3 Å². The fourth-order valence-electron chi connectivity index (χ4n) is 2.06. The number of benzene rings is 2. The molecule has 0 aliphatic carbocycles. The van der Waals surface area contributed by atoms with E-state index in [4.69, 9.17) is 26.5 Å². The third-order valence-electron chi connectivity index (χ3n) is 3.16. The van der Waals surface area contributed by atoms with Crippen molar-refractivity contribution in [1.29, 1.82) is 0 Å². The summed E-state index contributed by atoms with van der Waals surface area (Å²) in [6.45, 7) is 0.960. The van der Waals surface area contributed by atoms with Crippen LogP contribution < -0.4 is 10.5 Å².